The lowest BCUT2D eigenvalue weighted by Gasteiger charge is -2.70. The summed E-state index contributed by atoms with van der Waals surface area (Å²) in [4.78, 5) is 11.9. The SMILES string of the molecule is CC(=O)O[C@H]1CC[C@@]2(C)[C@H](CC[C@]3(C)[C@@H]2CC[C@@H]2[C@@H]([C@@](C)(O)CCC=C(C)C)CC[C@]23C)C1(C)C. The molecule has 0 aromatic carbocycles. The number of rotatable bonds is 5. The zero-order chi connectivity index (χ0) is 26.0. The summed E-state index contributed by atoms with van der Waals surface area (Å²) in [5.41, 5.74) is 1.70. The first-order chi connectivity index (χ1) is 16.1. The molecule has 3 heteroatoms. The van der Waals surface area contributed by atoms with E-state index < -0.39 is 5.60 Å². The second kappa shape index (κ2) is 8.88. The Morgan fingerprint density at radius 3 is 2.20 bits per heavy atom. The number of hydrogen-bond acceptors (Lipinski definition) is 3. The van der Waals surface area contributed by atoms with Gasteiger partial charge >= 0.3 is 5.97 Å². The third kappa shape index (κ3) is 4.15. The predicted molar refractivity (Wildman–Crippen MR) is 144 cm³/mol. The lowest BCUT2D eigenvalue weighted by Crippen LogP contribution is -2.64. The highest BCUT2D eigenvalue weighted by molar-refractivity contribution is 5.66. The van der Waals surface area contributed by atoms with Crippen molar-refractivity contribution in [2.75, 3.05) is 0 Å². The van der Waals surface area contributed by atoms with Gasteiger partial charge in [0.15, 0.2) is 0 Å². The molecule has 0 saturated heterocycles. The minimum atomic E-state index is -0.581. The number of aliphatic hydroxyl groups is 1. The zero-order valence-corrected chi connectivity index (χ0v) is 24.3. The van der Waals surface area contributed by atoms with Crippen LogP contribution in [0.2, 0.25) is 0 Å². The molecule has 0 bridgehead atoms. The van der Waals surface area contributed by atoms with E-state index in [2.05, 4.69) is 61.5 Å². The molecule has 0 radical (unpaired) electrons. The summed E-state index contributed by atoms with van der Waals surface area (Å²) in [6.45, 7) is 20.6. The summed E-state index contributed by atoms with van der Waals surface area (Å²) >= 11 is 0. The third-order valence-corrected chi connectivity index (χ3v) is 12.6. The van der Waals surface area contributed by atoms with Gasteiger partial charge < -0.3 is 9.84 Å². The van der Waals surface area contributed by atoms with Crippen molar-refractivity contribution in [2.45, 2.75) is 138 Å². The molecule has 0 unspecified atom stereocenters. The summed E-state index contributed by atoms with van der Waals surface area (Å²) < 4.78 is 5.88. The van der Waals surface area contributed by atoms with Crippen LogP contribution in [0.1, 0.15) is 127 Å². The van der Waals surface area contributed by atoms with Crippen molar-refractivity contribution < 1.29 is 14.6 Å². The molecule has 1 N–H and O–H groups in total. The lowest BCUT2D eigenvalue weighted by molar-refractivity contribution is -0.229. The van der Waals surface area contributed by atoms with E-state index in [1.165, 1.54) is 50.5 Å². The van der Waals surface area contributed by atoms with E-state index in [1.807, 2.05) is 0 Å². The van der Waals surface area contributed by atoms with Gasteiger partial charge in [-0.15, -0.1) is 0 Å². The smallest absolute Gasteiger partial charge is 0.302 e. The highest BCUT2D eigenvalue weighted by Gasteiger charge is 2.69. The molecule has 0 heterocycles. The fourth-order valence-electron chi connectivity index (χ4n) is 10.7. The van der Waals surface area contributed by atoms with Gasteiger partial charge in [-0.1, -0.05) is 46.3 Å². The maximum absolute atomic E-state index is 11.9. The Hall–Kier alpha value is -0.830. The maximum Gasteiger partial charge on any atom is 0.302 e. The number of esters is 1. The fraction of sp³-hybridized carbons (Fsp3) is 0.906. The maximum atomic E-state index is 11.9. The van der Waals surface area contributed by atoms with Gasteiger partial charge in [-0.25, -0.2) is 0 Å². The molecule has 4 aliphatic rings. The molecule has 4 saturated carbocycles. The van der Waals surface area contributed by atoms with Crippen LogP contribution in [0.25, 0.3) is 0 Å². The van der Waals surface area contributed by atoms with Gasteiger partial charge in [0.2, 0.25) is 0 Å². The number of allylic oxidation sites excluding steroid dienone is 2. The van der Waals surface area contributed by atoms with E-state index in [-0.39, 0.29) is 17.5 Å². The molecule has 0 amide bonds. The molecular weight excluding hydrogens is 432 g/mol. The summed E-state index contributed by atoms with van der Waals surface area (Å²) in [6, 6.07) is 0. The zero-order valence-electron chi connectivity index (χ0n) is 24.3. The number of fused-ring (bicyclic) bond motifs is 5. The van der Waals surface area contributed by atoms with Crippen LogP contribution in [-0.2, 0) is 9.53 Å². The first-order valence-corrected chi connectivity index (χ1v) is 14.6. The van der Waals surface area contributed by atoms with Gasteiger partial charge in [0.25, 0.3) is 0 Å². The van der Waals surface area contributed by atoms with E-state index in [0.717, 1.165) is 19.3 Å². The molecule has 4 fully saturated rings. The number of carbonyl (C=O) groups excluding carboxylic acids is 1. The summed E-state index contributed by atoms with van der Waals surface area (Å²) in [5.74, 6) is 2.21. The second-order valence-corrected chi connectivity index (χ2v) is 14.9. The molecule has 35 heavy (non-hydrogen) atoms. The summed E-state index contributed by atoms with van der Waals surface area (Å²) in [6.07, 6.45) is 13.8. The van der Waals surface area contributed by atoms with Crippen molar-refractivity contribution in [2.24, 2.45) is 45.3 Å². The van der Waals surface area contributed by atoms with E-state index in [1.54, 1.807) is 6.92 Å². The summed E-state index contributed by atoms with van der Waals surface area (Å²) in [5, 5.41) is 11.7. The molecule has 9 atom stereocenters. The van der Waals surface area contributed by atoms with Gasteiger partial charge in [-0.2, -0.15) is 0 Å². The Morgan fingerprint density at radius 1 is 0.914 bits per heavy atom. The molecular formula is C32H54O3. The minimum absolute atomic E-state index is 0.0184. The van der Waals surface area contributed by atoms with Gasteiger partial charge in [-0.05, 0) is 125 Å². The highest BCUT2D eigenvalue weighted by atomic mass is 16.5. The lowest BCUT2D eigenvalue weighted by atomic mass is 9.35. The Labute approximate surface area is 215 Å². The highest BCUT2D eigenvalue weighted by Crippen LogP contribution is 2.75. The van der Waals surface area contributed by atoms with Crippen molar-refractivity contribution in [3.8, 4) is 0 Å². The van der Waals surface area contributed by atoms with Crippen LogP contribution in [0.15, 0.2) is 11.6 Å². The standard InChI is InChI=1S/C32H54O3/c1-21(2)11-10-17-32(9,34)24-14-19-30(7)23(24)12-13-26-29(6)18-16-27(35-22(3)33)28(4,5)25(29)15-20-31(26,30)8/h11,23-27,34H,10,12-20H2,1-9H3/t23-,24+,25-,26-,27+,29+,30-,31-,32+/m1/s1. The van der Waals surface area contributed by atoms with Crippen molar-refractivity contribution >= 4 is 5.97 Å². The molecule has 0 spiro atoms. The fourth-order valence-corrected chi connectivity index (χ4v) is 10.7. The second-order valence-electron chi connectivity index (χ2n) is 14.9. The average molecular weight is 487 g/mol. The van der Waals surface area contributed by atoms with Gasteiger partial charge in [-0.3, -0.25) is 4.79 Å². The summed E-state index contributed by atoms with van der Waals surface area (Å²) in [7, 11) is 0. The first-order valence-electron chi connectivity index (χ1n) is 14.6. The van der Waals surface area contributed by atoms with Crippen molar-refractivity contribution in [3.05, 3.63) is 11.6 Å². The number of ether oxygens (including phenoxy) is 1. The van der Waals surface area contributed by atoms with E-state index in [4.69, 9.17) is 4.74 Å². The van der Waals surface area contributed by atoms with Gasteiger partial charge in [0, 0.05) is 12.3 Å². The molecule has 3 nitrogen and oxygen atoms in total. The number of carbonyl (C=O) groups is 1. The molecule has 200 valence electrons. The third-order valence-electron chi connectivity index (χ3n) is 12.6. The van der Waals surface area contributed by atoms with Crippen molar-refractivity contribution in [3.63, 3.8) is 0 Å². The first kappa shape index (κ1) is 27.2. The largest absolute Gasteiger partial charge is 0.462 e. The molecule has 4 aliphatic carbocycles. The monoisotopic (exact) mass is 486 g/mol. The van der Waals surface area contributed by atoms with Crippen molar-refractivity contribution in [1.29, 1.82) is 0 Å². The minimum Gasteiger partial charge on any atom is -0.462 e. The van der Waals surface area contributed by atoms with Crippen molar-refractivity contribution in [1.82, 2.24) is 0 Å². The molecule has 4 rings (SSSR count). The van der Waals surface area contributed by atoms with Gasteiger partial charge in [0.05, 0.1) is 5.60 Å². The van der Waals surface area contributed by atoms with Crippen LogP contribution in [0, 0.1) is 45.3 Å². The predicted octanol–water partition coefficient (Wildman–Crippen LogP) is 8.10. The molecule has 0 aliphatic heterocycles. The Balaban J connectivity index is 1.60. The Kier molecular flexibility index (Phi) is 6.91. The average Bonchev–Trinajstić information content (AvgIpc) is 3.09. The van der Waals surface area contributed by atoms with E-state index in [0.29, 0.717) is 39.9 Å². The molecule has 0 aromatic rings. The van der Waals surface area contributed by atoms with Crippen LogP contribution >= 0.6 is 0 Å². The van der Waals surface area contributed by atoms with E-state index in [9.17, 15) is 9.90 Å². The van der Waals surface area contributed by atoms with Crippen LogP contribution < -0.4 is 0 Å². The molecule has 0 aromatic heterocycles. The quantitative estimate of drug-likeness (QED) is 0.315. The van der Waals surface area contributed by atoms with Crippen LogP contribution in [0.5, 0.6) is 0 Å². The van der Waals surface area contributed by atoms with Crippen LogP contribution in [-0.4, -0.2) is 22.8 Å². The normalized spacial score (nSPS) is 45.9. The van der Waals surface area contributed by atoms with Crippen LogP contribution in [0.3, 0.4) is 0 Å². The Bertz CT molecular complexity index is 851. The Morgan fingerprint density at radius 2 is 1.57 bits per heavy atom. The van der Waals surface area contributed by atoms with E-state index >= 15 is 0 Å². The topological polar surface area (TPSA) is 46.5 Å². The van der Waals surface area contributed by atoms with Crippen LogP contribution in [0.4, 0.5) is 0 Å². The number of hydrogen-bond donors (Lipinski definition) is 1. The van der Waals surface area contributed by atoms with Gasteiger partial charge in [0.1, 0.15) is 6.10 Å².